The van der Waals surface area contributed by atoms with Crippen molar-refractivity contribution in [1.82, 2.24) is 10.2 Å². The molecule has 0 amide bonds. The fourth-order valence-corrected chi connectivity index (χ4v) is 4.13. The van der Waals surface area contributed by atoms with Crippen LogP contribution < -0.4 is 5.32 Å². The highest BCUT2D eigenvalue weighted by molar-refractivity contribution is 8.13. The highest BCUT2D eigenvalue weighted by atomic mass is 32.2. The van der Waals surface area contributed by atoms with Crippen LogP contribution in [0, 0.1) is 0 Å². The van der Waals surface area contributed by atoms with Crippen LogP contribution in [0.5, 0.6) is 0 Å². The second kappa shape index (κ2) is 8.59. The number of amidine groups is 1. The van der Waals surface area contributed by atoms with E-state index in [-0.39, 0.29) is 0 Å². The first-order valence-corrected chi connectivity index (χ1v) is 9.59. The van der Waals surface area contributed by atoms with E-state index in [9.17, 15) is 0 Å². The summed E-state index contributed by atoms with van der Waals surface area (Å²) >= 11 is 1.90. The van der Waals surface area contributed by atoms with Crippen LogP contribution in [0.25, 0.3) is 0 Å². The Labute approximate surface area is 138 Å². The molecule has 1 unspecified atom stereocenters. The molecule has 1 atom stereocenters. The Morgan fingerprint density at radius 2 is 1.95 bits per heavy atom. The van der Waals surface area contributed by atoms with Gasteiger partial charge in [-0.15, -0.1) is 0 Å². The molecule has 1 fully saturated rings. The number of aliphatic imine (C=N–C) groups is 1. The van der Waals surface area contributed by atoms with Crippen molar-refractivity contribution in [2.45, 2.75) is 38.1 Å². The molecule has 2 aliphatic rings. The highest BCUT2D eigenvalue weighted by Gasteiger charge is 2.17. The molecule has 22 heavy (non-hydrogen) atoms. The second-order valence-electron chi connectivity index (χ2n) is 6.28. The van der Waals surface area contributed by atoms with E-state index in [0.717, 1.165) is 18.1 Å². The summed E-state index contributed by atoms with van der Waals surface area (Å²) in [5, 5.41) is 4.73. The molecule has 1 saturated heterocycles. The summed E-state index contributed by atoms with van der Waals surface area (Å²) < 4.78 is 0. The van der Waals surface area contributed by atoms with Crippen molar-refractivity contribution in [3.05, 3.63) is 35.9 Å². The lowest BCUT2D eigenvalue weighted by molar-refractivity contribution is 0.333. The molecule has 1 aromatic rings. The summed E-state index contributed by atoms with van der Waals surface area (Å²) in [7, 11) is 0. The third-order valence-electron chi connectivity index (χ3n) is 4.41. The zero-order valence-corrected chi connectivity index (χ0v) is 14.2. The molecule has 120 valence electrons. The fourth-order valence-electron chi connectivity index (χ4n) is 3.17. The first kappa shape index (κ1) is 15.9. The molecule has 2 aliphatic heterocycles. The van der Waals surface area contributed by atoms with Crippen LogP contribution in [0.1, 0.15) is 31.2 Å². The van der Waals surface area contributed by atoms with E-state index in [4.69, 9.17) is 0 Å². The Morgan fingerprint density at radius 1 is 1.14 bits per heavy atom. The van der Waals surface area contributed by atoms with Crippen LogP contribution in [-0.4, -0.2) is 48.0 Å². The number of benzene rings is 1. The Morgan fingerprint density at radius 3 is 2.77 bits per heavy atom. The van der Waals surface area contributed by atoms with Crippen LogP contribution in [0.15, 0.2) is 35.3 Å². The van der Waals surface area contributed by atoms with Crippen LogP contribution in [0.2, 0.25) is 0 Å². The SMILES string of the molecule is c1ccc(CC2CN=C(SCCCCN3CCCC3)N2)cc1. The average Bonchev–Trinajstić information content (AvgIpc) is 3.20. The standard InChI is InChI=1S/C18H27N3S/c1-2-8-16(9-3-1)14-17-15-19-18(20-17)22-13-7-6-12-21-10-4-5-11-21/h1-3,8-9,17H,4-7,10-15H2,(H,19,20). The maximum Gasteiger partial charge on any atom is 0.156 e. The summed E-state index contributed by atoms with van der Waals surface area (Å²) in [4.78, 5) is 7.25. The van der Waals surface area contributed by atoms with E-state index in [1.807, 2.05) is 11.8 Å². The predicted octanol–water partition coefficient (Wildman–Crippen LogP) is 3.17. The van der Waals surface area contributed by atoms with Gasteiger partial charge in [-0.25, -0.2) is 0 Å². The molecular weight excluding hydrogens is 290 g/mol. The van der Waals surface area contributed by atoms with E-state index >= 15 is 0 Å². The number of thioether (sulfide) groups is 1. The number of rotatable bonds is 7. The minimum atomic E-state index is 0.481. The van der Waals surface area contributed by atoms with Crippen molar-refractivity contribution < 1.29 is 0 Å². The van der Waals surface area contributed by atoms with Crippen molar-refractivity contribution in [1.29, 1.82) is 0 Å². The number of hydrogen-bond donors (Lipinski definition) is 1. The number of likely N-dealkylation sites (tertiary alicyclic amines) is 1. The first-order chi connectivity index (χ1) is 10.9. The van der Waals surface area contributed by atoms with E-state index in [1.54, 1.807) is 0 Å². The maximum atomic E-state index is 4.65. The van der Waals surface area contributed by atoms with Gasteiger partial charge in [0, 0.05) is 5.75 Å². The van der Waals surface area contributed by atoms with Gasteiger partial charge in [-0.2, -0.15) is 0 Å². The third kappa shape index (κ3) is 5.03. The average molecular weight is 318 g/mol. The molecule has 0 saturated carbocycles. The molecular formula is C18H27N3S. The molecule has 3 rings (SSSR count). The fraction of sp³-hybridized carbons (Fsp3) is 0.611. The predicted molar refractivity (Wildman–Crippen MR) is 96.7 cm³/mol. The Balaban J connectivity index is 1.26. The normalized spacial score (nSPS) is 21.8. The van der Waals surface area contributed by atoms with E-state index in [0.29, 0.717) is 6.04 Å². The largest absolute Gasteiger partial charge is 0.360 e. The molecule has 0 bridgehead atoms. The Bertz CT molecular complexity index is 468. The molecule has 0 spiro atoms. The van der Waals surface area contributed by atoms with E-state index < -0.39 is 0 Å². The lowest BCUT2D eigenvalue weighted by atomic mass is 10.1. The Kier molecular flexibility index (Phi) is 6.20. The van der Waals surface area contributed by atoms with Crippen molar-refractivity contribution >= 4 is 16.9 Å². The van der Waals surface area contributed by atoms with Gasteiger partial charge in [-0.1, -0.05) is 42.1 Å². The quantitative estimate of drug-likeness (QED) is 0.783. The van der Waals surface area contributed by atoms with Crippen LogP contribution in [-0.2, 0) is 6.42 Å². The van der Waals surface area contributed by atoms with Gasteiger partial charge in [0.2, 0.25) is 0 Å². The summed E-state index contributed by atoms with van der Waals surface area (Å²) in [6.07, 6.45) is 6.50. The summed E-state index contributed by atoms with van der Waals surface area (Å²) in [6, 6.07) is 11.2. The van der Waals surface area contributed by atoms with Crippen LogP contribution in [0.4, 0.5) is 0 Å². The summed E-state index contributed by atoms with van der Waals surface area (Å²) in [5.41, 5.74) is 1.40. The zero-order valence-electron chi connectivity index (χ0n) is 13.3. The second-order valence-corrected chi connectivity index (χ2v) is 7.36. The van der Waals surface area contributed by atoms with E-state index in [2.05, 4.69) is 45.5 Å². The molecule has 3 nitrogen and oxygen atoms in total. The van der Waals surface area contributed by atoms with Crippen LogP contribution >= 0.6 is 11.8 Å². The highest BCUT2D eigenvalue weighted by Crippen LogP contribution is 2.15. The van der Waals surface area contributed by atoms with Gasteiger partial charge in [0.15, 0.2) is 5.17 Å². The van der Waals surface area contributed by atoms with Gasteiger partial charge in [0.1, 0.15) is 0 Å². The van der Waals surface area contributed by atoms with Gasteiger partial charge in [0.05, 0.1) is 12.6 Å². The molecule has 4 heteroatoms. The number of nitrogens with zero attached hydrogens (tertiary/aromatic N) is 2. The molecule has 0 aliphatic carbocycles. The van der Waals surface area contributed by atoms with Gasteiger partial charge in [-0.3, -0.25) is 4.99 Å². The monoisotopic (exact) mass is 317 g/mol. The van der Waals surface area contributed by atoms with Gasteiger partial charge >= 0.3 is 0 Å². The number of nitrogens with one attached hydrogen (secondary N) is 1. The van der Waals surface area contributed by atoms with Crippen molar-refractivity contribution in [2.24, 2.45) is 4.99 Å². The number of hydrogen-bond acceptors (Lipinski definition) is 4. The van der Waals surface area contributed by atoms with Gasteiger partial charge in [-0.05, 0) is 57.3 Å². The topological polar surface area (TPSA) is 27.6 Å². The van der Waals surface area contributed by atoms with Crippen molar-refractivity contribution in [2.75, 3.05) is 31.9 Å². The van der Waals surface area contributed by atoms with Crippen molar-refractivity contribution in [3.63, 3.8) is 0 Å². The van der Waals surface area contributed by atoms with Crippen LogP contribution in [0.3, 0.4) is 0 Å². The lowest BCUT2D eigenvalue weighted by Crippen LogP contribution is -2.30. The molecule has 0 radical (unpaired) electrons. The van der Waals surface area contributed by atoms with E-state index in [1.165, 1.54) is 56.6 Å². The molecule has 0 aromatic heterocycles. The molecule has 1 N–H and O–H groups in total. The third-order valence-corrected chi connectivity index (χ3v) is 5.43. The zero-order chi connectivity index (χ0) is 15.0. The minimum absolute atomic E-state index is 0.481. The molecule has 1 aromatic carbocycles. The first-order valence-electron chi connectivity index (χ1n) is 8.60. The summed E-state index contributed by atoms with van der Waals surface area (Å²) in [6.45, 7) is 4.85. The molecule has 2 heterocycles. The van der Waals surface area contributed by atoms with Crippen molar-refractivity contribution in [3.8, 4) is 0 Å². The lowest BCUT2D eigenvalue weighted by Gasteiger charge is -2.14. The summed E-state index contributed by atoms with van der Waals surface area (Å²) in [5.74, 6) is 1.19. The van der Waals surface area contributed by atoms with Gasteiger partial charge in [0.25, 0.3) is 0 Å². The smallest absolute Gasteiger partial charge is 0.156 e. The van der Waals surface area contributed by atoms with Gasteiger partial charge < -0.3 is 10.2 Å². The minimum Gasteiger partial charge on any atom is -0.360 e. The maximum absolute atomic E-state index is 4.65. The Hall–Kier alpha value is -1.00. The number of unbranched alkanes of at least 4 members (excludes halogenated alkanes) is 1.